The lowest BCUT2D eigenvalue weighted by Gasteiger charge is -2.36. The van der Waals surface area contributed by atoms with Crippen LogP contribution in [0.3, 0.4) is 0 Å². The third kappa shape index (κ3) is 2.99. The van der Waals surface area contributed by atoms with Crippen LogP contribution in [0.5, 0.6) is 0 Å². The van der Waals surface area contributed by atoms with Crippen LogP contribution in [-0.2, 0) is 16.1 Å². The van der Waals surface area contributed by atoms with E-state index in [0.717, 1.165) is 5.56 Å². The van der Waals surface area contributed by atoms with Gasteiger partial charge in [-0.3, -0.25) is 14.2 Å². The van der Waals surface area contributed by atoms with Crippen molar-refractivity contribution in [1.29, 1.82) is 0 Å². The van der Waals surface area contributed by atoms with Gasteiger partial charge in [0, 0.05) is 6.54 Å². The highest BCUT2D eigenvalue weighted by molar-refractivity contribution is 5.81. The molecule has 1 saturated heterocycles. The van der Waals surface area contributed by atoms with Gasteiger partial charge in [-0.2, -0.15) is 0 Å². The Bertz CT molecular complexity index is 799. The molecule has 6 nitrogen and oxygen atoms in total. The molecular weight excluding hydrogens is 294 g/mol. The van der Waals surface area contributed by atoms with Crippen LogP contribution in [0.15, 0.2) is 29.3 Å². The van der Waals surface area contributed by atoms with E-state index >= 15 is 0 Å². The smallest absolute Gasteiger partial charge is 0.261 e. The summed E-state index contributed by atoms with van der Waals surface area (Å²) < 4.78 is 6.93. The fourth-order valence-corrected chi connectivity index (χ4v) is 2.94. The van der Waals surface area contributed by atoms with Crippen molar-refractivity contribution in [3.8, 4) is 0 Å². The molecule has 0 bridgehead atoms. The number of aromatic nitrogens is 2. The van der Waals surface area contributed by atoms with Crippen LogP contribution >= 0.6 is 0 Å². The molecule has 1 amide bonds. The van der Waals surface area contributed by atoms with E-state index in [1.807, 2.05) is 32.9 Å². The lowest BCUT2D eigenvalue weighted by Crippen LogP contribution is -2.51. The average molecular weight is 315 g/mol. The summed E-state index contributed by atoms with van der Waals surface area (Å²) in [5.74, 6) is -0.0800. The monoisotopic (exact) mass is 315 g/mol. The average Bonchev–Trinajstić information content (AvgIpc) is 2.53. The second kappa shape index (κ2) is 6.12. The highest BCUT2D eigenvalue weighted by Crippen LogP contribution is 2.13. The van der Waals surface area contributed by atoms with Gasteiger partial charge in [-0.25, -0.2) is 4.98 Å². The molecule has 122 valence electrons. The second-order valence-electron chi connectivity index (χ2n) is 6.19. The van der Waals surface area contributed by atoms with Gasteiger partial charge in [0.15, 0.2) is 0 Å². The molecular formula is C17H21N3O3. The summed E-state index contributed by atoms with van der Waals surface area (Å²) in [6, 6.07) is 5.52. The number of hydrogen-bond donors (Lipinski definition) is 0. The first kappa shape index (κ1) is 15.7. The molecule has 3 rings (SSSR count). The number of aryl methyl sites for hydroxylation is 1. The molecule has 0 aliphatic carbocycles. The van der Waals surface area contributed by atoms with Gasteiger partial charge in [-0.15, -0.1) is 0 Å². The Kier molecular flexibility index (Phi) is 4.17. The topological polar surface area (TPSA) is 64.4 Å². The largest absolute Gasteiger partial charge is 0.375 e. The van der Waals surface area contributed by atoms with E-state index in [9.17, 15) is 9.59 Å². The summed E-state index contributed by atoms with van der Waals surface area (Å²) in [6.45, 7) is 6.90. The minimum atomic E-state index is -0.180. The minimum absolute atomic E-state index is 0.00672. The summed E-state index contributed by atoms with van der Waals surface area (Å²) in [5, 5.41) is 0.545. The molecule has 1 aliphatic heterocycles. The van der Waals surface area contributed by atoms with Crippen molar-refractivity contribution in [2.24, 2.45) is 0 Å². The maximum Gasteiger partial charge on any atom is 0.261 e. The minimum Gasteiger partial charge on any atom is -0.375 e. The standard InChI is InChI=1S/C17H21N3O3/c1-11-5-4-6-14-16(11)18-10-19(17(14)22)8-15(21)20-7-13(3)23-9-12(20)2/h4-6,10,12-13H,7-9H2,1-3H3/t12-,13-/m0/s1. The predicted molar refractivity (Wildman–Crippen MR) is 87.3 cm³/mol. The molecule has 2 atom stereocenters. The van der Waals surface area contributed by atoms with Gasteiger partial charge in [0.05, 0.1) is 36.0 Å². The lowest BCUT2D eigenvalue weighted by molar-refractivity contribution is -0.143. The molecule has 23 heavy (non-hydrogen) atoms. The van der Waals surface area contributed by atoms with Crippen LogP contribution in [0.25, 0.3) is 10.9 Å². The zero-order valence-electron chi connectivity index (χ0n) is 13.7. The number of rotatable bonds is 2. The molecule has 1 aromatic carbocycles. The van der Waals surface area contributed by atoms with E-state index in [1.165, 1.54) is 10.9 Å². The van der Waals surface area contributed by atoms with Gasteiger partial charge in [0.25, 0.3) is 5.56 Å². The first-order valence-corrected chi connectivity index (χ1v) is 7.83. The third-order valence-electron chi connectivity index (χ3n) is 4.29. The number of carbonyl (C=O) groups is 1. The highest BCUT2D eigenvalue weighted by atomic mass is 16.5. The fourth-order valence-electron chi connectivity index (χ4n) is 2.94. The molecule has 0 saturated carbocycles. The Morgan fingerprint density at radius 2 is 2.17 bits per heavy atom. The van der Waals surface area contributed by atoms with Crippen molar-refractivity contribution in [3.63, 3.8) is 0 Å². The second-order valence-corrected chi connectivity index (χ2v) is 6.19. The Balaban J connectivity index is 1.88. The summed E-state index contributed by atoms with van der Waals surface area (Å²) in [7, 11) is 0. The maximum atomic E-state index is 12.6. The van der Waals surface area contributed by atoms with Gasteiger partial charge in [0.2, 0.25) is 5.91 Å². The first-order valence-electron chi connectivity index (χ1n) is 7.83. The van der Waals surface area contributed by atoms with Gasteiger partial charge in [-0.1, -0.05) is 12.1 Å². The van der Waals surface area contributed by atoms with Crippen molar-refractivity contribution >= 4 is 16.8 Å². The van der Waals surface area contributed by atoms with Gasteiger partial charge in [-0.05, 0) is 32.4 Å². The van der Waals surface area contributed by atoms with Crippen LogP contribution < -0.4 is 5.56 Å². The quantitative estimate of drug-likeness (QED) is 0.839. The Hall–Kier alpha value is -2.21. The molecule has 1 aliphatic rings. The van der Waals surface area contributed by atoms with Crippen LogP contribution in [0.2, 0.25) is 0 Å². The van der Waals surface area contributed by atoms with Crippen LogP contribution in [0.4, 0.5) is 0 Å². The number of benzene rings is 1. The van der Waals surface area contributed by atoms with Gasteiger partial charge < -0.3 is 9.64 Å². The Labute approximate surface area is 134 Å². The molecule has 0 N–H and O–H groups in total. The van der Waals surface area contributed by atoms with E-state index in [-0.39, 0.29) is 30.2 Å². The highest BCUT2D eigenvalue weighted by Gasteiger charge is 2.27. The van der Waals surface area contributed by atoms with Crippen molar-refractivity contribution in [3.05, 3.63) is 40.4 Å². The summed E-state index contributed by atoms with van der Waals surface area (Å²) in [6.07, 6.45) is 1.48. The van der Waals surface area contributed by atoms with Gasteiger partial charge >= 0.3 is 0 Å². The predicted octanol–water partition coefficient (Wildman–Crippen LogP) is 1.34. The van der Waals surface area contributed by atoms with Crippen molar-refractivity contribution < 1.29 is 9.53 Å². The number of fused-ring (bicyclic) bond motifs is 1. The van der Waals surface area contributed by atoms with Crippen LogP contribution in [0.1, 0.15) is 19.4 Å². The molecule has 0 unspecified atom stereocenters. The molecule has 2 aromatic rings. The summed E-state index contributed by atoms with van der Waals surface area (Å²) in [4.78, 5) is 31.3. The maximum absolute atomic E-state index is 12.6. The number of para-hydroxylation sites is 1. The number of nitrogens with zero attached hydrogens (tertiary/aromatic N) is 3. The number of amides is 1. The van der Waals surface area contributed by atoms with E-state index in [0.29, 0.717) is 24.1 Å². The molecule has 2 heterocycles. The molecule has 6 heteroatoms. The number of hydrogen-bond acceptors (Lipinski definition) is 4. The van der Waals surface area contributed by atoms with Crippen molar-refractivity contribution in [2.75, 3.05) is 13.2 Å². The lowest BCUT2D eigenvalue weighted by atomic mass is 10.1. The summed E-state index contributed by atoms with van der Waals surface area (Å²) >= 11 is 0. The van der Waals surface area contributed by atoms with E-state index in [4.69, 9.17) is 4.74 Å². The molecule has 0 radical (unpaired) electrons. The fraction of sp³-hybridized carbons (Fsp3) is 0.471. The van der Waals surface area contributed by atoms with Crippen molar-refractivity contribution in [1.82, 2.24) is 14.5 Å². The third-order valence-corrected chi connectivity index (χ3v) is 4.29. The molecule has 1 aromatic heterocycles. The Morgan fingerprint density at radius 1 is 1.39 bits per heavy atom. The number of ether oxygens (including phenoxy) is 1. The van der Waals surface area contributed by atoms with Gasteiger partial charge in [0.1, 0.15) is 6.54 Å². The Morgan fingerprint density at radius 3 is 2.96 bits per heavy atom. The first-order chi connectivity index (χ1) is 11.0. The summed E-state index contributed by atoms with van der Waals surface area (Å²) in [5.41, 5.74) is 1.46. The van der Waals surface area contributed by atoms with E-state index in [1.54, 1.807) is 11.0 Å². The zero-order valence-corrected chi connectivity index (χ0v) is 13.7. The SMILES string of the molecule is Cc1cccc2c(=O)n(CC(=O)N3C[C@H](C)OC[C@@H]3C)cnc12. The number of morpholine rings is 1. The van der Waals surface area contributed by atoms with Crippen molar-refractivity contribution in [2.45, 2.75) is 39.5 Å². The molecule has 1 fully saturated rings. The zero-order chi connectivity index (χ0) is 16.6. The van der Waals surface area contributed by atoms with Crippen LogP contribution in [-0.4, -0.2) is 45.7 Å². The van der Waals surface area contributed by atoms with E-state index < -0.39 is 0 Å². The normalized spacial score (nSPS) is 21.6. The van der Waals surface area contributed by atoms with Crippen LogP contribution in [0, 0.1) is 6.92 Å². The number of carbonyl (C=O) groups excluding carboxylic acids is 1. The molecule has 0 spiro atoms. The van der Waals surface area contributed by atoms with E-state index in [2.05, 4.69) is 4.98 Å².